The van der Waals surface area contributed by atoms with Gasteiger partial charge in [0.1, 0.15) is 0 Å². The van der Waals surface area contributed by atoms with E-state index in [0.29, 0.717) is 16.3 Å². The molecule has 6 heteroatoms. The van der Waals surface area contributed by atoms with Crippen LogP contribution in [0.3, 0.4) is 0 Å². The van der Waals surface area contributed by atoms with Crippen molar-refractivity contribution in [3.8, 4) is 11.3 Å². The summed E-state index contributed by atoms with van der Waals surface area (Å²) in [6, 6.07) is 11.2. The summed E-state index contributed by atoms with van der Waals surface area (Å²) in [6.45, 7) is 1.96. The van der Waals surface area contributed by atoms with Gasteiger partial charge in [-0.25, -0.2) is 0 Å². The molecule has 2 aromatic heterocycles. The standard InChI is InChI=1S/C16H14ClN3OS/c1-10(14-3-2-8-22-14)19-16(21)13-9-18-20-15(13)11-4-6-12(17)7-5-11/h2-10H,1H3,(H,18,20)(H,19,21). The molecule has 4 nitrogen and oxygen atoms in total. The summed E-state index contributed by atoms with van der Waals surface area (Å²) >= 11 is 7.52. The Hall–Kier alpha value is -2.11. The van der Waals surface area contributed by atoms with E-state index in [-0.39, 0.29) is 11.9 Å². The summed E-state index contributed by atoms with van der Waals surface area (Å²) in [6.07, 6.45) is 1.54. The Bertz CT molecular complexity index is 765. The molecule has 0 bridgehead atoms. The fraction of sp³-hybridized carbons (Fsp3) is 0.125. The van der Waals surface area contributed by atoms with E-state index < -0.39 is 0 Å². The number of nitrogens with zero attached hydrogens (tertiary/aromatic N) is 1. The number of nitrogens with one attached hydrogen (secondary N) is 2. The van der Waals surface area contributed by atoms with E-state index >= 15 is 0 Å². The second-order valence-electron chi connectivity index (χ2n) is 4.88. The van der Waals surface area contributed by atoms with Crippen LogP contribution in [0.4, 0.5) is 0 Å². The van der Waals surface area contributed by atoms with E-state index in [9.17, 15) is 4.79 Å². The minimum absolute atomic E-state index is 0.0412. The Morgan fingerprint density at radius 1 is 1.32 bits per heavy atom. The SMILES string of the molecule is CC(NC(=O)c1cn[nH]c1-c1ccc(Cl)cc1)c1cccs1. The third-order valence-corrected chi connectivity index (χ3v) is 4.64. The van der Waals surface area contributed by atoms with Gasteiger partial charge >= 0.3 is 0 Å². The highest BCUT2D eigenvalue weighted by molar-refractivity contribution is 7.10. The van der Waals surface area contributed by atoms with Crippen molar-refractivity contribution < 1.29 is 4.79 Å². The van der Waals surface area contributed by atoms with Crippen LogP contribution in [-0.2, 0) is 0 Å². The molecule has 22 heavy (non-hydrogen) atoms. The van der Waals surface area contributed by atoms with Crippen molar-refractivity contribution in [2.75, 3.05) is 0 Å². The Balaban J connectivity index is 1.82. The van der Waals surface area contributed by atoms with Gasteiger partial charge in [0.2, 0.25) is 0 Å². The van der Waals surface area contributed by atoms with Crippen molar-refractivity contribution in [3.05, 3.63) is 63.4 Å². The van der Waals surface area contributed by atoms with Gasteiger partial charge < -0.3 is 5.32 Å². The Morgan fingerprint density at radius 3 is 2.77 bits per heavy atom. The normalized spacial score (nSPS) is 12.1. The highest BCUT2D eigenvalue weighted by atomic mass is 35.5. The number of aromatic amines is 1. The minimum atomic E-state index is -0.153. The lowest BCUT2D eigenvalue weighted by Crippen LogP contribution is -2.26. The lowest BCUT2D eigenvalue weighted by Gasteiger charge is -2.12. The summed E-state index contributed by atoms with van der Waals surface area (Å²) in [7, 11) is 0. The minimum Gasteiger partial charge on any atom is -0.345 e. The fourth-order valence-corrected chi connectivity index (χ4v) is 3.04. The summed E-state index contributed by atoms with van der Waals surface area (Å²) in [5, 5.41) is 12.5. The Labute approximate surface area is 137 Å². The van der Waals surface area contributed by atoms with Gasteiger partial charge in [0.05, 0.1) is 23.5 Å². The number of halogens is 1. The van der Waals surface area contributed by atoms with E-state index in [1.165, 1.54) is 0 Å². The molecule has 1 aromatic carbocycles. The summed E-state index contributed by atoms with van der Waals surface area (Å²) in [5.41, 5.74) is 2.08. The van der Waals surface area contributed by atoms with Crippen LogP contribution in [0.1, 0.15) is 28.2 Å². The van der Waals surface area contributed by atoms with Crippen LogP contribution >= 0.6 is 22.9 Å². The average Bonchev–Trinajstić information content (AvgIpc) is 3.19. The van der Waals surface area contributed by atoms with Gasteiger partial charge in [-0.05, 0) is 30.5 Å². The van der Waals surface area contributed by atoms with Crippen LogP contribution in [-0.4, -0.2) is 16.1 Å². The van der Waals surface area contributed by atoms with E-state index in [1.807, 2.05) is 36.6 Å². The molecular weight excluding hydrogens is 318 g/mol. The number of aromatic nitrogens is 2. The van der Waals surface area contributed by atoms with Crippen LogP contribution < -0.4 is 5.32 Å². The predicted molar refractivity (Wildman–Crippen MR) is 89.2 cm³/mol. The number of benzene rings is 1. The molecule has 1 amide bonds. The number of carbonyl (C=O) groups excluding carboxylic acids is 1. The van der Waals surface area contributed by atoms with Crippen LogP contribution in [0.15, 0.2) is 48.0 Å². The van der Waals surface area contributed by atoms with Crippen molar-refractivity contribution in [3.63, 3.8) is 0 Å². The molecule has 112 valence electrons. The summed E-state index contributed by atoms with van der Waals surface area (Å²) in [5.74, 6) is -0.153. The molecule has 0 aliphatic carbocycles. The zero-order valence-corrected chi connectivity index (χ0v) is 13.4. The maximum absolute atomic E-state index is 12.5. The first-order valence-corrected chi connectivity index (χ1v) is 8.04. The van der Waals surface area contributed by atoms with E-state index in [0.717, 1.165) is 10.4 Å². The van der Waals surface area contributed by atoms with Crippen molar-refractivity contribution in [1.82, 2.24) is 15.5 Å². The second-order valence-corrected chi connectivity index (χ2v) is 6.29. The lowest BCUT2D eigenvalue weighted by atomic mass is 10.1. The number of thiophene rings is 1. The van der Waals surface area contributed by atoms with Crippen LogP contribution in [0.5, 0.6) is 0 Å². The fourth-order valence-electron chi connectivity index (χ4n) is 2.18. The molecule has 3 aromatic rings. The molecular formula is C16H14ClN3OS. The maximum atomic E-state index is 12.5. The molecule has 3 rings (SSSR count). The van der Waals surface area contributed by atoms with Gasteiger partial charge in [0.25, 0.3) is 5.91 Å². The van der Waals surface area contributed by atoms with E-state index in [1.54, 1.807) is 29.7 Å². The van der Waals surface area contributed by atoms with Crippen LogP contribution in [0.2, 0.25) is 5.02 Å². The summed E-state index contributed by atoms with van der Waals surface area (Å²) in [4.78, 5) is 13.6. The average molecular weight is 332 g/mol. The molecule has 2 heterocycles. The van der Waals surface area contributed by atoms with Crippen LogP contribution in [0, 0.1) is 0 Å². The van der Waals surface area contributed by atoms with Crippen LogP contribution in [0.25, 0.3) is 11.3 Å². The smallest absolute Gasteiger partial charge is 0.255 e. The van der Waals surface area contributed by atoms with Crippen molar-refractivity contribution in [2.45, 2.75) is 13.0 Å². The van der Waals surface area contributed by atoms with E-state index in [4.69, 9.17) is 11.6 Å². The predicted octanol–water partition coefficient (Wildman–Crippen LogP) is 4.28. The zero-order chi connectivity index (χ0) is 15.5. The summed E-state index contributed by atoms with van der Waals surface area (Å²) < 4.78 is 0. The molecule has 0 saturated carbocycles. The molecule has 0 fully saturated rings. The molecule has 1 unspecified atom stereocenters. The van der Waals surface area contributed by atoms with E-state index in [2.05, 4.69) is 15.5 Å². The first-order valence-electron chi connectivity index (χ1n) is 6.78. The number of H-pyrrole nitrogens is 1. The first kappa shape index (κ1) is 14.8. The topological polar surface area (TPSA) is 57.8 Å². The largest absolute Gasteiger partial charge is 0.345 e. The van der Waals surface area contributed by atoms with Crippen molar-refractivity contribution >= 4 is 28.8 Å². The second kappa shape index (κ2) is 6.34. The Morgan fingerprint density at radius 2 is 2.09 bits per heavy atom. The molecule has 0 spiro atoms. The van der Waals surface area contributed by atoms with Gasteiger partial charge in [-0.15, -0.1) is 11.3 Å². The van der Waals surface area contributed by atoms with Gasteiger partial charge in [-0.3, -0.25) is 9.89 Å². The van der Waals surface area contributed by atoms with Gasteiger partial charge in [-0.2, -0.15) is 5.10 Å². The van der Waals surface area contributed by atoms with Crippen molar-refractivity contribution in [2.24, 2.45) is 0 Å². The maximum Gasteiger partial charge on any atom is 0.255 e. The van der Waals surface area contributed by atoms with Gasteiger partial charge in [0, 0.05) is 15.5 Å². The lowest BCUT2D eigenvalue weighted by molar-refractivity contribution is 0.0941. The quantitative estimate of drug-likeness (QED) is 0.749. The number of hydrogen-bond donors (Lipinski definition) is 2. The van der Waals surface area contributed by atoms with Crippen molar-refractivity contribution in [1.29, 1.82) is 0 Å². The van der Waals surface area contributed by atoms with Gasteiger partial charge in [0.15, 0.2) is 0 Å². The van der Waals surface area contributed by atoms with Gasteiger partial charge in [-0.1, -0.05) is 29.8 Å². The molecule has 0 aliphatic rings. The molecule has 2 N–H and O–H groups in total. The number of carbonyl (C=O) groups is 1. The third kappa shape index (κ3) is 3.05. The highest BCUT2D eigenvalue weighted by Crippen LogP contribution is 2.24. The monoisotopic (exact) mass is 331 g/mol. The number of amides is 1. The molecule has 0 radical (unpaired) electrons. The first-order chi connectivity index (χ1) is 10.6. The number of rotatable bonds is 4. The zero-order valence-electron chi connectivity index (χ0n) is 11.8. The molecule has 0 saturated heterocycles. The molecule has 1 atom stereocenters. The molecule has 0 aliphatic heterocycles. The third-order valence-electron chi connectivity index (χ3n) is 3.33. The Kier molecular flexibility index (Phi) is 4.27. The highest BCUT2D eigenvalue weighted by Gasteiger charge is 2.18. The number of hydrogen-bond acceptors (Lipinski definition) is 3.